The Kier molecular flexibility index (Phi) is 3.71. The van der Waals surface area contributed by atoms with Crippen molar-refractivity contribution in [3.05, 3.63) is 23.8 Å². The third kappa shape index (κ3) is 2.74. The molecule has 1 aliphatic rings. The molecule has 4 heteroatoms. The number of hydrogen-bond donors (Lipinski definition) is 1. The van der Waals surface area contributed by atoms with Gasteiger partial charge in [-0.1, -0.05) is 37.3 Å². The number of anilines is 1. The predicted octanol–water partition coefficient (Wildman–Crippen LogP) is 4.01. The van der Waals surface area contributed by atoms with E-state index in [1.54, 1.807) is 11.3 Å². The highest BCUT2D eigenvalue weighted by molar-refractivity contribution is 7.22. The molecule has 1 saturated heterocycles. The maximum atomic E-state index is 5.63. The predicted molar refractivity (Wildman–Crippen MR) is 81.2 cm³/mol. The molecule has 0 spiro atoms. The molecule has 1 fully saturated rings. The summed E-state index contributed by atoms with van der Waals surface area (Å²) in [6.45, 7) is 6.21. The van der Waals surface area contributed by atoms with E-state index in [0.29, 0.717) is 12.0 Å². The van der Waals surface area contributed by atoms with E-state index in [4.69, 9.17) is 9.72 Å². The highest BCUT2D eigenvalue weighted by Crippen LogP contribution is 2.31. The second-order valence-corrected chi connectivity index (χ2v) is 6.41. The summed E-state index contributed by atoms with van der Waals surface area (Å²) in [5.41, 5.74) is 2.48. The summed E-state index contributed by atoms with van der Waals surface area (Å²) < 4.78 is 6.89. The number of benzene rings is 1. The van der Waals surface area contributed by atoms with Crippen LogP contribution in [0.25, 0.3) is 10.2 Å². The molecule has 2 aromatic rings. The molecule has 3 rings (SSSR count). The summed E-state index contributed by atoms with van der Waals surface area (Å²) in [7, 11) is 0. The van der Waals surface area contributed by atoms with Gasteiger partial charge in [0.1, 0.15) is 0 Å². The molecule has 1 atom stereocenters. The first-order valence-electron chi connectivity index (χ1n) is 6.99. The van der Waals surface area contributed by atoms with Gasteiger partial charge in [0.15, 0.2) is 5.13 Å². The number of fused-ring (bicyclic) bond motifs is 1. The topological polar surface area (TPSA) is 34.1 Å². The van der Waals surface area contributed by atoms with Gasteiger partial charge in [-0.15, -0.1) is 0 Å². The largest absolute Gasteiger partial charge is 0.376 e. The number of ether oxygens (including phenoxy) is 1. The molecule has 0 radical (unpaired) electrons. The fourth-order valence-electron chi connectivity index (χ4n) is 2.52. The number of rotatable bonds is 4. The van der Waals surface area contributed by atoms with E-state index in [1.165, 1.54) is 16.7 Å². The first-order valence-corrected chi connectivity index (χ1v) is 7.80. The van der Waals surface area contributed by atoms with Gasteiger partial charge in [0.05, 0.1) is 16.3 Å². The Labute approximate surface area is 118 Å². The van der Waals surface area contributed by atoms with E-state index in [9.17, 15) is 0 Å². The van der Waals surface area contributed by atoms with E-state index in [-0.39, 0.29) is 0 Å². The summed E-state index contributed by atoms with van der Waals surface area (Å²) in [6.07, 6.45) is 2.70. The van der Waals surface area contributed by atoms with Crippen molar-refractivity contribution in [1.29, 1.82) is 0 Å². The Bertz CT molecular complexity index is 558. The van der Waals surface area contributed by atoms with E-state index in [0.717, 1.165) is 30.2 Å². The van der Waals surface area contributed by atoms with Gasteiger partial charge in [-0.2, -0.15) is 0 Å². The maximum Gasteiger partial charge on any atom is 0.183 e. The van der Waals surface area contributed by atoms with Gasteiger partial charge in [0.2, 0.25) is 0 Å². The fourth-order valence-corrected chi connectivity index (χ4v) is 3.43. The highest BCUT2D eigenvalue weighted by atomic mass is 32.1. The molecule has 102 valence electrons. The minimum atomic E-state index is 0.358. The van der Waals surface area contributed by atoms with Gasteiger partial charge in [-0.3, -0.25) is 0 Å². The summed E-state index contributed by atoms with van der Waals surface area (Å²) in [4.78, 5) is 4.75. The van der Waals surface area contributed by atoms with E-state index < -0.39 is 0 Å². The van der Waals surface area contributed by atoms with Crippen molar-refractivity contribution >= 4 is 26.7 Å². The van der Waals surface area contributed by atoms with Gasteiger partial charge in [0.25, 0.3) is 0 Å². The van der Waals surface area contributed by atoms with Crippen LogP contribution in [0.3, 0.4) is 0 Å². The normalized spacial score (nSPS) is 19.4. The zero-order chi connectivity index (χ0) is 13.2. The number of thiazole rings is 1. The minimum absolute atomic E-state index is 0.358. The molecular formula is C15H20N2OS. The van der Waals surface area contributed by atoms with Crippen molar-refractivity contribution < 1.29 is 4.74 Å². The second-order valence-electron chi connectivity index (χ2n) is 5.38. The summed E-state index contributed by atoms with van der Waals surface area (Å²) >= 11 is 1.73. The van der Waals surface area contributed by atoms with Crippen molar-refractivity contribution in [2.75, 3.05) is 18.5 Å². The first-order chi connectivity index (χ1) is 9.24. The average molecular weight is 276 g/mol. The van der Waals surface area contributed by atoms with Crippen LogP contribution in [0.15, 0.2) is 18.2 Å². The average Bonchev–Trinajstić information content (AvgIpc) is 3.04. The minimum Gasteiger partial charge on any atom is -0.376 e. The van der Waals surface area contributed by atoms with Crippen LogP contribution < -0.4 is 5.32 Å². The van der Waals surface area contributed by atoms with Crippen LogP contribution in [0, 0.1) is 0 Å². The molecule has 2 heterocycles. The molecule has 0 bridgehead atoms. The van der Waals surface area contributed by atoms with Crippen molar-refractivity contribution in [1.82, 2.24) is 4.98 Å². The van der Waals surface area contributed by atoms with Gasteiger partial charge < -0.3 is 10.1 Å². The quantitative estimate of drug-likeness (QED) is 0.916. The van der Waals surface area contributed by atoms with Crippen LogP contribution in [0.2, 0.25) is 0 Å². The van der Waals surface area contributed by atoms with Gasteiger partial charge >= 0.3 is 0 Å². The van der Waals surface area contributed by atoms with Gasteiger partial charge in [0, 0.05) is 13.2 Å². The lowest BCUT2D eigenvalue weighted by molar-refractivity contribution is 0.120. The Morgan fingerprint density at radius 2 is 2.37 bits per heavy atom. The van der Waals surface area contributed by atoms with Crippen LogP contribution in [0.1, 0.15) is 38.2 Å². The molecule has 1 aliphatic heterocycles. The van der Waals surface area contributed by atoms with Crippen LogP contribution in [-0.4, -0.2) is 24.2 Å². The lowest BCUT2D eigenvalue weighted by Crippen LogP contribution is -2.18. The molecule has 1 aromatic heterocycles. The summed E-state index contributed by atoms with van der Waals surface area (Å²) in [5, 5.41) is 4.44. The Hall–Kier alpha value is -1.13. The smallest absolute Gasteiger partial charge is 0.183 e. The monoisotopic (exact) mass is 276 g/mol. The molecule has 19 heavy (non-hydrogen) atoms. The van der Waals surface area contributed by atoms with E-state index >= 15 is 0 Å². The van der Waals surface area contributed by atoms with Crippen molar-refractivity contribution in [3.63, 3.8) is 0 Å². The zero-order valence-electron chi connectivity index (χ0n) is 11.5. The number of aromatic nitrogens is 1. The standard InChI is InChI=1S/C15H20N2OS/c1-10(2)12-6-3-7-13-14(12)17-15(19-13)16-9-11-5-4-8-18-11/h3,6-7,10-11H,4-5,8-9H2,1-2H3,(H,16,17)/t11-/m0/s1. The molecule has 0 saturated carbocycles. The van der Waals surface area contributed by atoms with Crippen LogP contribution >= 0.6 is 11.3 Å². The van der Waals surface area contributed by atoms with E-state index in [2.05, 4.69) is 37.4 Å². The summed E-state index contributed by atoms with van der Waals surface area (Å²) in [6, 6.07) is 6.45. The Morgan fingerprint density at radius 1 is 1.47 bits per heavy atom. The molecule has 0 unspecified atom stereocenters. The van der Waals surface area contributed by atoms with Crippen LogP contribution in [0.4, 0.5) is 5.13 Å². The molecule has 0 amide bonds. The van der Waals surface area contributed by atoms with Crippen LogP contribution in [-0.2, 0) is 4.74 Å². The zero-order valence-corrected chi connectivity index (χ0v) is 12.3. The SMILES string of the molecule is CC(C)c1cccc2sc(NC[C@@H]3CCCO3)nc12. The molecule has 3 nitrogen and oxygen atoms in total. The first kappa shape index (κ1) is 12.9. The Balaban J connectivity index is 1.79. The van der Waals surface area contributed by atoms with Crippen molar-refractivity contribution in [3.8, 4) is 0 Å². The fraction of sp³-hybridized carbons (Fsp3) is 0.533. The lowest BCUT2D eigenvalue weighted by atomic mass is 10.0. The second kappa shape index (κ2) is 5.47. The number of hydrogen-bond acceptors (Lipinski definition) is 4. The van der Waals surface area contributed by atoms with Gasteiger partial charge in [-0.25, -0.2) is 4.98 Å². The van der Waals surface area contributed by atoms with Crippen LogP contribution in [0.5, 0.6) is 0 Å². The molecular weight excluding hydrogens is 256 g/mol. The molecule has 1 N–H and O–H groups in total. The van der Waals surface area contributed by atoms with E-state index in [1.807, 2.05) is 0 Å². The molecule has 0 aliphatic carbocycles. The number of para-hydroxylation sites is 1. The highest BCUT2D eigenvalue weighted by Gasteiger charge is 2.16. The number of nitrogens with zero attached hydrogens (tertiary/aromatic N) is 1. The van der Waals surface area contributed by atoms with Crippen molar-refractivity contribution in [2.45, 2.75) is 38.7 Å². The number of nitrogens with one attached hydrogen (secondary N) is 1. The summed E-state index contributed by atoms with van der Waals surface area (Å²) in [5.74, 6) is 0.511. The van der Waals surface area contributed by atoms with Crippen molar-refractivity contribution in [2.24, 2.45) is 0 Å². The maximum absolute atomic E-state index is 5.63. The van der Waals surface area contributed by atoms with Gasteiger partial charge in [-0.05, 0) is 30.4 Å². The molecule has 1 aromatic carbocycles. The third-order valence-electron chi connectivity index (χ3n) is 3.58. The third-order valence-corrected chi connectivity index (χ3v) is 4.56. The Morgan fingerprint density at radius 3 is 3.11 bits per heavy atom. The lowest BCUT2D eigenvalue weighted by Gasteiger charge is -2.09.